The molecule has 0 unspecified atom stereocenters. The molecule has 0 fully saturated rings. The fraction of sp³-hybridized carbons (Fsp3) is 0.450. The summed E-state index contributed by atoms with van der Waals surface area (Å²) >= 11 is 0. The number of aromatic nitrogens is 1. The van der Waals surface area contributed by atoms with Crippen molar-refractivity contribution in [2.45, 2.75) is 50.3 Å². The van der Waals surface area contributed by atoms with Crippen LogP contribution in [0.1, 0.15) is 43.7 Å². The Balaban J connectivity index is 1.93. The second-order valence-electron chi connectivity index (χ2n) is 6.39. The van der Waals surface area contributed by atoms with E-state index in [1.165, 1.54) is 29.1 Å². The van der Waals surface area contributed by atoms with Gasteiger partial charge in [-0.15, -0.1) is 0 Å². The highest BCUT2D eigenvalue weighted by Crippen LogP contribution is 2.17. The number of pyridine rings is 1. The number of benzene rings is 1. The Labute approximate surface area is 152 Å². The van der Waals surface area contributed by atoms with Gasteiger partial charge < -0.3 is 0 Å². The molecule has 2 aromatic rings. The van der Waals surface area contributed by atoms with Crippen molar-refractivity contribution in [2.75, 3.05) is 13.6 Å². The van der Waals surface area contributed by atoms with Gasteiger partial charge in [-0.05, 0) is 54.7 Å². The molecule has 136 valence electrons. The molecule has 0 saturated carbocycles. The van der Waals surface area contributed by atoms with E-state index < -0.39 is 10.0 Å². The molecule has 0 spiro atoms. The molecule has 0 aliphatic rings. The van der Waals surface area contributed by atoms with Crippen molar-refractivity contribution >= 4 is 10.0 Å². The molecule has 2 rings (SSSR count). The number of hydrogen-bond donors (Lipinski definition) is 0. The molecular weight excluding hydrogens is 332 g/mol. The summed E-state index contributed by atoms with van der Waals surface area (Å²) in [7, 11) is -1.80. The fourth-order valence-corrected chi connectivity index (χ4v) is 3.89. The lowest BCUT2D eigenvalue weighted by atomic mass is 10.1. The van der Waals surface area contributed by atoms with Crippen LogP contribution in [0.25, 0.3) is 0 Å². The molecule has 0 atom stereocenters. The van der Waals surface area contributed by atoms with Gasteiger partial charge in [0.1, 0.15) is 0 Å². The Morgan fingerprint density at radius 3 is 2.16 bits per heavy atom. The molecule has 1 aromatic heterocycles. The monoisotopic (exact) mass is 360 g/mol. The lowest BCUT2D eigenvalue weighted by molar-refractivity contribution is 0.472. The highest BCUT2D eigenvalue weighted by atomic mass is 32.2. The number of unbranched alkanes of at least 4 members (excludes halogenated alkanes) is 3. The average Bonchev–Trinajstić information content (AvgIpc) is 2.64. The summed E-state index contributed by atoms with van der Waals surface area (Å²) in [4.78, 5) is 4.34. The van der Waals surface area contributed by atoms with Gasteiger partial charge in [0.25, 0.3) is 0 Å². The summed E-state index contributed by atoms with van der Waals surface area (Å²) in [6, 6.07) is 11.2. The summed E-state index contributed by atoms with van der Waals surface area (Å²) in [5, 5.41) is 0. The first-order valence-corrected chi connectivity index (χ1v) is 10.4. The first-order valence-electron chi connectivity index (χ1n) is 8.98. The fourth-order valence-electron chi connectivity index (χ4n) is 2.72. The number of sulfonamides is 1. The van der Waals surface area contributed by atoms with Crippen LogP contribution in [0, 0.1) is 0 Å². The largest absolute Gasteiger partial charge is 0.265 e. The minimum absolute atomic E-state index is 0.363. The smallest absolute Gasteiger partial charge is 0.242 e. The van der Waals surface area contributed by atoms with Crippen molar-refractivity contribution in [3.05, 3.63) is 59.9 Å². The van der Waals surface area contributed by atoms with Gasteiger partial charge in [-0.25, -0.2) is 12.7 Å². The molecule has 25 heavy (non-hydrogen) atoms. The van der Waals surface area contributed by atoms with E-state index >= 15 is 0 Å². The van der Waals surface area contributed by atoms with Gasteiger partial charge in [0, 0.05) is 26.0 Å². The molecule has 0 bridgehead atoms. The van der Waals surface area contributed by atoms with Crippen LogP contribution < -0.4 is 0 Å². The Hall–Kier alpha value is -1.72. The maximum absolute atomic E-state index is 12.7. The van der Waals surface area contributed by atoms with Crippen LogP contribution in [-0.4, -0.2) is 31.3 Å². The molecule has 0 aliphatic heterocycles. The van der Waals surface area contributed by atoms with Crippen LogP contribution in [0.15, 0.2) is 53.7 Å². The minimum atomic E-state index is -3.44. The van der Waals surface area contributed by atoms with Crippen LogP contribution in [0.3, 0.4) is 0 Å². The lowest BCUT2D eigenvalue weighted by Gasteiger charge is -2.17. The van der Waals surface area contributed by atoms with Crippen LogP contribution >= 0.6 is 0 Å². The standard InChI is InChI=1S/C20H28N2O2S/c1-3-4-5-6-7-18-8-10-20(11-9-18)25(23,24)22(2)17-14-19-12-15-21-16-13-19/h8-13,15-16H,3-7,14,17H2,1-2H3. The Bertz CT molecular complexity index is 728. The van der Waals surface area contributed by atoms with Gasteiger partial charge in [0.2, 0.25) is 10.0 Å². The highest BCUT2D eigenvalue weighted by molar-refractivity contribution is 7.89. The van der Waals surface area contributed by atoms with Crippen molar-refractivity contribution in [3.8, 4) is 0 Å². The maximum atomic E-state index is 12.7. The predicted octanol–water partition coefficient (Wildman–Crippen LogP) is 4.07. The van der Waals surface area contributed by atoms with Crippen molar-refractivity contribution in [2.24, 2.45) is 0 Å². The summed E-state index contributed by atoms with van der Waals surface area (Å²) in [6.07, 6.45) is 10.0. The maximum Gasteiger partial charge on any atom is 0.242 e. The molecule has 0 aliphatic carbocycles. The van der Waals surface area contributed by atoms with Gasteiger partial charge in [-0.3, -0.25) is 4.98 Å². The summed E-state index contributed by atoms with van der Waals surface area (Å²) < 4.78 is 26.8. The van der Waals surface area contributed by atoms with Crippen LogP contribution in [0.5, 0.6) is 0 Å². The van der Waals surface area contributed by atoms with E-state index in [9.17, 15) is 8.42 Å². The van der Waals surface area contributed by atoms with E-state index in [-0.39, 0.29) is 0 Å². The normalized spacial score (nSPS) is 11.8. The molecule has 0 amide bonds. The average molecular weight is 361 g/mol. The van der Waals surface area contributed by atoms with Crippen molar-refractivity contribution in [3.63, 3.8) is 0 Å². The second-order valence-corrected chi connectivity index (χ2v) is 8.43. The van der Waals surface area contributed by atoms with E-state index in [4.69, 9.17) is 0 Å². The van der Waals surface area contributed by atoms with Gasteiger partial charge in [-0.2, -0.15) is 0 Å². The first-order chi connectivity index (χ1) is 12.0. The summed E-state index contributed by atoms with van der Waals surface area (Å²) in [6.45, 7) is 2.65. The highest BCUT2D eigenvalue weighted by Gasteiger charge is 2.20. The van der Waals surface area contributed by atoms with Crippen LogP contribution in [0.2, 0.25) is 0 Å². The Morgan fingerprint density at radius 1 is 0.880 bits per heavy atom. The number of hydrogen-bond acceptors (Lipinski definition) is 3. The van der Waals surface area contributed by atoms with E-state index in [1.807, 2.05) is 24.3 Å². The van der Waals surface area contributed by atoms with E-state index in [0.717, 1.165) is 18.4 Å². The zero-order valence-corrected chi connectivity index (χ0v) is 16.0. The molecule has 4 nitrogen and oxygen atoms in total. The molecule has 1 aromatic carbocycles. The summed E-state index contributed by atoms with van der Waals surface area (Å²) in [5.74, 6) is 0. The third kappa shape index (κ3) is 5.94. The van der Waals surface area contributed by atoms with Crippen LogP contribution in [-0.2, 0) is 22.9 Å². The summed E-state index contributed by atoms with van der Waals surface area (Å²) in [5.41, 5.74) is 2.29. The number of rotatable bonds is 10. The Kier molecular flexibility index (Phi) is 7.59. The molecule has 0 radical (unpaired) electrons. The Morgan fingerprint density at radius 2 is 1.52 bits per heavy atom. The van der Waals surface area contributed by atoms with Gasteiger partial charge in [-0.1, -0.05) is 38.3 Å². The zero-order chi connectivity index (χ0) is 18.1. The molecule has 5 heteroatoms. The van der Waals surface area contributed by atoms with Crippen molar-refractivity contribution in [1.82, 2.24) is 9.29 Å². The van der Waals surface area contributed by atoms with Gasteiger partial charge >= 0.3 is 0 Å². The number of likely N-dealkylation sites (N-methyl/N-ethyl adjacent to an activating group) is 1. The quantitative estimate of drug-likeness (QED) is 0.600. The van der Waals surface area contributed by atoms with Gasteiger partial charge in [0.15, 0.2) is 0 Å². The van der Waals surface area contributed by atoms with Crippen LogP contribution in [0.4, 0.5) is 0 Å². The lowest BCUT2D eigenvalue weighted by Crippen LogP contribution is -2.29. The van der Waals surface area contributed by atoms with E-state index in [0.29, 0.717) is 17.9 Å². The molecule has 0 N–H and O–H groups in total. The third-order valence-corrected chi connectivity index (χ3v) is 6.29. The van der Waals surface area contributed by atoms with Gasteiger partial charge in [0.05, 0.1) is 4.90 Å². The molecule has 0 saturated heterocycles. The minimum Gasteiger partial charge on any atom is -0.265 e. The van der Waals surface area contributed by atoms with Crippen molar-refractivity contribution in [1.29, 1.82) is 0 Å². The third-order valence-electron chi connectivity index (χ3n) is 4.42. The number of aryl methyl sites for hydroxylation is 1. The zero-order valence-electron chi connectivity index (χ0n) is 15.2. The van der Waals surface area contributed by atoms with E-state index in [1.54, 1.807) is 31.6 Å². The molecular formula is C20H28N2O2S. The second kappa shape index (κ2) is 9.68. The first kappa shape index (κ1) is 19.6. The molecule has 1 heterocycles. The SMILES string of the molecule is CCCCCCc1ccc(S(=O)(=O)N(C)CCc2ccncc2)cc1. The van der Waals surface area contributed by atoms with E-state index in [2.05, 4.69) is 11.9 Å². The predicted molar refractivity (Wildman–Crippen MR) is 102 cm³/mol. The number of nitrogens with zero attached hydrogens (tertiary/aromatic N) is 2. The van der Waals surface area contributed by atoms with Crippen molar-refractivity contribution < 1.29 is 8.42 Å². The topological polar surface area (TPSA) is 50.3 Å².